The number of anilines is 2. The molecule has 3 aromatic rings. The van der Waals surface area contributed by atoms with Gasteiger partial charge in [-0.2, -0.15) is 13.2 Å². The highest BCUT2D eigenvalue weighted by molar-refractivity contribution is 6.04. The maximum absolute atomic E-state index is 12.8. The molecule has 0 aliphatic carbocycles. The van der Waals surface area contributed by atoms with Gasteiger partial charge in [-0.15, -0.1) is 0 Å². The molecule has 0 aliphatic heterocycles. The van der Waals surface area contributed by atoms with E-state index in [9.17, 15) is 22.8 Å². The monoisotopic (exact) mass is 428 g/mol. The Bertz CT molecular complexity index is 1050. The third-order valence-electron chi connectivity index (χ3n) is 4.29. The Balaban J connectivity index is 1.59. The van der Waals surface area contributed by atoms with Crippen molar-refractivity contribution in [3.05, 3.63) is 90.0 Å². The standard InChI is InChI=1S/C23H19F3N2O3/c1-15(31-20-8-3-2-4-9-20)21(29)27-18-12-10-16(11-13-18)22(30)28-19-7-5-6-17(14-19)23(24,25)26/h2-15H,1H3,(H,27,29)(H,28,30). The topological polar surface area (TPSA) is 67.4 Å². The van der Waals surface area contributed by atoms with Gasteiger partial charge in [-0.05, 0) is 61.5 Å². The van der Waals surface area contributed by atoms with E-state index in [0.717, 1.165) is 12.1 Å². The van der Waals surface area contributed by atoms with Crippen molar-refractivity contribution in [1.82, 2.24) is 0 Å². The van der Waals surface area contributed by atoms with Crippen molar-refractivity contribution < 1.29 is 27.5 Å². The first kappa shape index (κ1) is 21.9. The smallest absolute Gasteiger partial charge is 0.416 e. The fourth-order valence-electron chi connectivity index (χ4n) is 2.68. The molecule has 0 radical (unpaired) electrons. The zero-order valence-corrected chi connectivity index (χ0v) is 16.4. The normalized spacial score (nSPS) is 12.0. The minimum atomic E-state index is -4.50. The number of hydrogen-bond donors (Lipinski definition) is 2. The first-order valence-electron chi connectivity index (χ1n) is 9.33. The summed E-state index contributed by atoms with van der Waals surface area (Å²) in [5, 5.41) is 5.11. The molecule has 31 heavy (non-hydrogen) atoms. The van der Waals surface area contributed by atoms with Crippen molar-refractivity contribution in [3.8, 4) is 5.75 Å². The summed E-state index contributed by atoms with van der Waals surface area (Å²) in [5.74, 6) is -0.380. The van der Waals surface area contributed by atoms with E-state index in [1.807, 2.05) is 6.07 Å². The molecule has 3 rings (SSSR count). The van der Waals surface area contributed by atoms with Gasteiger partial charge in [0.15, 0.2) is 6.10 Å². The fraction of sp³-hybridized carbons (Fsp3) is 0.130. The van der Waals surface area contributed by atoms with Crippen molar-refractivity contribution in [2.75, 3.05) is 10.6 Å². The lowest BCUT2D eigenvalue weighted by Crippen LogP contribution is -2.30. The Kier molecular flexibility index (Phi) is 6.59. The molecule has 160 valence electrons. The van der Waals surface area contributed by atoms with Crippen LogP contribution in [0.25, 0.3) is 0 Å². The molecule has 0 saturated heterocycles. The third kappa shape index (κ3) is 6.08. The minimum absolute atomic E-state index is 0.0316. The number of nitrogens with one attached hydrogen (secondary N) is 2. The van der Waals surface area contributed by atoms with Crippen LogP contribution in [0.1, 0.15) is 22.8 Å². The fourth-order valence-corrected chi connectivity index (χ4v) is 2.68. The molecule has 0 fully saturated rings. The molecular weight excluding hydrogens is 409 g/mol. The van der Waals surface area contributed by atoms with E-state index < -0.39 is 23.8 Å². The van der Waals surface area contributed by atoms with Crippen molar-refractivity contribution in [2.24, 2.45) is 0 Å². The maximum Gasteiger partial charge on any atom is 0.416 e. The van der Waals surface area contributed by atoms with Crippen molar-refractivity contribution >= 4 is 23.2 Å². The van der Waals surface area contributed by atoms with Crippen LogP contribution in [0.15, 0.2) is 78.9 Å². The highest BCUT2D eigenvalue weighted by Crippen LogP contribution is 2.30. The van der Waals surface area contributed by atoms with Crippen LogP contribution >= 0.6 is 0 Å². The lowest BCUT2D eigenvalue weighted by Gasteiger charge is -2.15. The van der Waals surface area contributed by atoms with Gasteiger partial charge < -0.3 is 15.4 Å². The maximum atomic E-state index is 12.8. The molecular formula is C23H19F3N2O3. The predicted octanol–water partition coefficient (Wildman–Crippen LogP) is 5.36. The Hall–Kier alpha value is -3.81. The van der Waals surface area contributed by atoms with E-state index in [1.54, 1.807) is 31.2 Å². The van der Waals surface area contributed by atoms with E-state index in [1.165, 1.54) is 36.4 Å². The second-order valence-corrected chi connectivity index (χ2v) is 6.67. The van der Waals surface area contributed by atoms with Gasteiger partial charge >= 0.3 is 6.18 Å². The average Bonchev–Trinajstić information content (AvgIpc) is 2.74. The number of halogens is 3. The Labute approximate surface area is 176 Å². The number of benzene rings is 3. The van der Waals surface area contributed by atoms with E-state index >= 15 is 0 Å². The first-order valence-corrected chi connectivity index (χ1v) is 9.33. The summed E-state index contributed by atoms with van der Waals surface area (Å²) in [5.41, 5.74) is -0.146. The lowest BCUT2D eigenvalue weighted by atomic mass is 10.1. The Morgan fingerprint density at radius 3 is 2.16 bits per heavy atom. The second kappa shape index (κ2) is 9.34. The number of ether oxygens (including phenoxy) is 1. The number of amides is 2. The summed E-state index contributed by atoms with van der Waals surface area (Å²) < 4.78 is 44.0. The van der Waals surface area contributed by atoms with Crippen molar-refractivity contribution in [3.63, 3.8) is 0 Å². The number of rotatable bonds is 6. The quantitative estimate of drug-likeness (QED) is 0.555. The number of hydrogen-bond acceptors (Lipinski definition) is 3. The summed E-state index contributed by atoms with van der Waals surface area (Å²) >= 11 is 0. The number of carbonyl (C=O) groups excluding carboxylic acids is 2. The van der Waals surface area contributed by atoms with Crippen LogP contribution in [0, 0.1) is 0 Å². The second-order valence-electron chi connectivity index (χ2n) is 6.67. The zero-order chi connectivity index (χ0) is 22.4. The van der Waals surface area contributed by atoms with Crippen LogP contribution in [-0.2, 0) is 11.0 Å². The molecule has 5 nitrogen and oxygen atoms in total. The average molecular weight is 428 g/mol. The van der Waals surface area contributed by atoms with E-state index in [2.05, 4.69) is 10.6 Å². The van der Waals surface area contributed by atoms with Gasteiger partial charge in [0.1, 0.15) is 5.75 Å². The molecule has 0 aliphatic rings. The van der Waals surface area contributed by atoms with Gasteiger partial charge in [0, 0.05) is 16.9 Å². The summed E-state index contributed by atoms with van der Waals surface area (Å²) in [7, 11) is 0. The Morgan fingerprint density at radius 2 is 1.52 bits per heavy atom. The van der Waals surface area contributed by atoms with Gasteiger partial charge in [-0.1, -0.05) is 24.3 Å². The van der Waals surface area contributed by atoms with E-state index in [4.69, 9.17) is 4.74 Å². The van der Waals surface area contributed by atoms with Crippen molar-refractivity contribution in [1.29, 1.82) is 0 Å². The number of carbonyl (C=O) groups is 2. The van der Waals surface area contributed by atoms with E-state index in [-0.39, 0.29) is 17.2 Å². The first-order chi connectivity index (χ1) is 14.7. The molecule has 3 aromatic carbocycles. The Morgan fingerprint density at radius 1 is 0.839 bits per heavy atom. The summed E-state index contributed by atoms with van der Waals surface area (Å²) in [4.78, 5) is 24.6. The molecule has 0 aromatic heterocycles. The summed E-state index contributed by atoms with van der Waals surface area (Å²) in [6.07, 6.45) is -5.24. The molecule has 0 spiro atoms. The van der Waals surface area contributed by atoms with Gasteiger partial charge in [0.25, 0.3) is 11.8 Å². The molecule has 2 N–H and O–H groups in total. The van der Waals surface area contributed by atoms with E-state index in [0.29, 0.717) is 11.4 Å². The van der Waals surface area contributed by atoms with Gasteiger partial charge in [-0.25, -0.2) is 0 Å². The zero-order valence-electron chi connectivity index (χ0n) is 16.4. The third-order valence-corrected chi connectivity index (χ3v) is 4.29. The number of para-hydroxylation sites is 1. The van der Waals surface area contributed by atoms with Crippen LogP contribution < -0.4 is 15.4 Å². The minimum Gasteiger partial charge on any atom is -0.481 e. The van der Waals surface area contributed by atoms with Gasteiger partial charge in [0.05, 0.1) is 5.56 Å². The van der Waals surface area contributed by atoms with Crippen LogP contribution in [0.2, 0.25) is 0 Å². The molecule has 0 heterocycles. The van der Waals surface area contributed by atoms with Crippen LogP contribution in [0.5, 0.6) is 5.75 Å². The van der Waals surface area contributed by atoms with Crippen LogP contribution in [-0.4, -0.2) is 17.9 Å². The SMILES string of the molecule is CC(Oc1ccccc1)C(=O)Nc1ccc(C(=O)Nc2cccc(C(F)(F)F)c2)cc1. The molecule has 1 atom stereocenters. The van der Waals surface area contributed by atoms with Gasteiger partial charge in [-0.3, -0.25) is 9.59 Å². The predicted molar refractivity (Wildman–Crippen MR) is 111 cm³/mol. The summed E-state index contributed by atoms with van der Waals surface area (Å²) in [6.45, 7) is 1.61. The molecule has 8 heteroatoms. The largest absolute Gasteiger partial charge is 0.481 e. The summed E-state index contributed by atoms with van der Waals surface area (Å²) in [6, 6.07) is 19.2. The van der Waals surface area contributed by atoms with Gasteiger partial charge in [0.2, 0.25) is 0 Å². The molecule has 0 bridgehead atoms. The molecule has 2 amide bonds. The molecule has 1 unspecified atom stereocenters. The van der Waals surface area contributed by atoms with Crippen LogP contribution in [0.3, 0.4) is 0 Å². The lowest BCUT2D eigenvalue weighted by molar-refractivity contribution is -0.137. The van der Waals surface area contributed by atoms with Crippen LogP contribution in [0.4, 0.5) is 24.5 Å². The molecule has 0 saturated carbocycles. The highest BCUT2D eigenvalue weighted by Gasteiger charge is 2.30. The number of alkyl halides is 3. The highest BCUT2D eigenvalue weighted by atomic mass is 19.4. The van der Waals surface area contributed by atoms with Crippen molar-refractivity contribution in [2.45, 2.75) is 19.2 Å².